The number of carboxylic acid groups (broad SMARTS) is 1. The highest BCUT2D eigenvalue weighted by molar-refractivity contribution is 5.96. The van der Waals surface area contributed by atoms with Crippen molar-refractivity contribution < 1.29 is 19.4 Å². The molecule has 9 nitrogen and oxygen atoms in total. The number of ether oxygens (including phenoxy) is 1. The Morgan fingerprint density at radius 1 is 1.16 bits per heavy atom. The lowest BCUT2D eigenvalue weighted by Crippen LogP contribution is -2.33. The number of fused-ring (bicyclic) bond motifs is 2. The number of carbonyl (C=O) groups excluding carboxylic acids is 1. The molecule has 1 aliphatic heterocycles. The molecule has 5 rings (SSSR count). The summed E-state index contributed by atoms with van der Waals surface area (Å²) < 4.78 is 7.16. The number of esters is 1. The zero-order valence-electron chi connectivity index (χ0n) is 22.6. The number of anilines is 2. The summed E-state index contributed by atoms with van der Waals surface area (Å²) in [5, 5.41) is 13.3. The van der Waals surface area contributed by atoms with Crippen molar-refractivity contribution in [3.63, 3.8) is 0 Å². The molecule has 0 spiro atoms. The Bertz CT molecular complexity index is 1490. The summed E-state index contributed by atoms with van der Waals surface area (Å²) in [5.74, 6) is -0.709. The van der Waals surface area contributed by atoms with Crippen LogP contribution in [0.5, 0.6) is 0 Å². The summed E-state index contributed by atoms with van der Waals surface area (Å²) in [5.41, 5.74) is 2.66. The lowest BCUT2D eigenvalue weighted by Gasteiger charge is -2.25. The van der Waals surface area contributed by atoms with Crippen molar-refractivity contribution in [1.82, 2.24) is 9.55 Å². The Labute approximate surface area is 221 Å². The van der Waals surface area contributed by atoms with Gasteiger partial charge in [-0.1, -0.05) is 18.2 Å². The van der Waals surface area contributed by atoms with Gasteiger partial charge < -0.3 is 20.1 Å². The minimum absolute atomic E-state index is 0.0996. The van der Waals surface area contributed by atoms with E-state index >= 15 is 0 Å². The van der Waals surface area contributed by atoms with Crippen molar-refractivity contribution in [3.8, 4) is 0 Å². The van der Waals surface area contributed by atoms with E-state index in [1.807, 2.05) is 63.8 Å². The number of aryl methyl sites for hydroxylation is 1. The SMILES string of the molecule is Cc1cc(C(C)Nc2ccccc2C(=O)OC(C)(C)C)c2nc(N3CC4C(C3)C4C(=O)O)n(C)c(=O)c2c1. The van der Waals surface area contributed by atoms with Crippen LogP contribution in [0.25, 0.3) is 10.9 Å². The molecule has 2 fully saturated rings. The number of aliphatic carboxylic acids is 1. The molecule has 1 aliphatic carbocycles. The second-order valence-corrected chi connectivity index (χ2v) is 11.5. The van der Waals surface area contributed by atoms with E-state index in [-0.39, 0.29) is 29.4 Å². The number of hydrogen-bond donors (Lipinski definition) is 2. The largest absolute Gasteiger partial charge is 0.481 e. The number of para-hydroxylation sites is 1. The third-order valence-electron chi connectivity index (χ3n) is 7.48. The Kier molecular flexibility index (Phi) is 6.20. The van der Waals surface area contributed by atoms with E-state index in [1.54, 1.807) is 23.7 Å². The van der Waals surface area contributed by atoms with Gasteiger partial charge in [-0.3, -0.25) is 14.2 Å². The van der Waals surface area contributed by atoms with Crippen molar-refractivity contribution in [3.05, 3.63) is 63.4 Å². The Morgan fingerprint density at radius 2 is 1.82 bits per heavy atom. The van der Waals surface area contributed by atoms with Gasteiger partial charge in [-0.15, -0.1) is 0 Å². The lowest BCUT2D eigenvalue weighted by atomic mass is 10.0. The molecule has 3 unspecified atom stereocenters. The van der Waals surface area contributed by atoms with Crippen molar-refractivity contribution in [2.45, 2.75) is 46.3 Å². The van der Waals surface area contributed by atoms with Crippen LogP contribution in [-0.4, -0.2) is 45.3 Å². The molecule has 9 heteroatoms. The predicted octanol–water partition coefficient (Wildman–Crippen LogP) is 4.14. The van der Waals surface area contributed by atoms with Crippen LogP contribution >= 0.6 is 0 Å². The van der Waals surface area contributed by atoms with Crippen LogP contribution in [0, 0.1) is 24.7 Å². The zero-order chi connectivity index (χ0) is 27.5. The number of aromatic nitrogens is 2. The standard InChI is InChI=1S/C29H34N4O5/c1-15-11-18(16(2)30-22-10-8-7-9-17(22)27(37)38-29(3,4)5)24-19(12-15)25(34)32(6)28(31-24)33-13-20-21(14-33)23(20)26(35)36/h7-12,16,20-21,23,30H,13-14H2,1-6H3,(H,35,36). The summed E-state index contributed by atoms with van der Waals surface area (Å²) >= 11 is 0. The Morgan fingerprint density at radius 3 is 2.45 bits per heavy atom. The first-order chi connectivity index (χ1) is 17.9. The number of nitrogens with zero attached hydrogens (tertiary/aromatic N) is 3. The molecule has 2 N–H and O–H groups in total. The van der Waals surface area contributed by atoms with E-state index in [0.29, 0.717) is 41.2 Å². The first-order valence-corrected chi connectivity index (χ1v) is 12.9. The van der Waals surface area contributed by atoms with E-state index in [2.05, 4.69) is 5.32 Å². The van der Waals surface area contributed by atoms with E-state index in [1.165, 1.54) is 0 Å². The van der Waals surface area contributed by atoms with Crippen LogP contribution in [0.2, 0.25) is 0 Å². The van der Waals surface area contributed by atoms with Crippen LogP contribution in [0.1, 0.15) is 55.2 Å². The molecule has 3 atom stereocenters. The Balaban J connectivity index is 1.50. The maximum absolute atomic E-state index is 13.5. The molecule has 2 aliphatic rings. The molecule has 200 valence electrons. The monoisotopic (exact) mass is 518 g/mol. The number of carbonyl (C=O) groups is 2. The minimum Gasteiger partial charge on any atom is -0.481 e. The van der Waals surface area contributed by atoms with Crippen molar-refractivity contribution in [2.75, 3.05) is 23.3 Å². The number of rotatable bonds is 6. The number of hydrogen-bond acceptors (Lipinski definition) is 7. The molecule has 1 aromatic heterocycles. The fourth-order valence-corrected chi connectivity index (χ4v) is 5.64. The van der Waals surface area contributed by atoms with Gasteiger partial charge in [0.25, 0.3) is 5.56 Å². The van der Waals surface area contributed by atoms with E-state index in [4.69, 9.17) is 9.72 Å². The van der Waals surface area contributed by atoms with Crippen molar-refractivity contribution in [2.24, 2.45) is 24.8 Å². The zero-order valence-corrected chi connectivity index (χ0v) is 22.6. The number of benzene rings is 2. The average Bonchev–Trinajstić information content (AvgIpc) is 3.35. The van der Waals surface area contributed by atoms with Crippen molar-refractivity contribution >= 4 is 34.5 Å². The van der Waals surface area contributed by atoms with Gasteiger partial charge in [0.15, 0.2) is 0 Å². The summed E-state index contributed by atoms with van der Waals surface area (Å²) in [6.45, 7) is 10.6. The number of carboxylic acids is 1. The van der Waals surface area contributed by atoms with E-state index in [0.717, 1.165) is 11.1 Å². The predicted molar refractivity (Wildman–Crippen MR) is 146 cm³/mol. The molecule has 38 heavy (non-hydrogen) atoms. The van der Waals surface area contributed by atoms with Gasteiger partial charge in [0.2, 0.25) is 5.95 Å². The van der Waals surface area contributed by atoms with Gasteiger partial charge in [-0.05, 0) is 70.2 Å². The second-order valence-electron chi connectivity index (χ2n) is 11.5. The fourth-order valence-electron chi connectivity index (χ4n) is 5.64. The van der Waals surface area contributed by atoms with E-state index < -0.39 is 17.5 Å². The smallest absolute Gasteiger partial charge is 0.340 e. The van der Waals surface area contributed by atoms with Gasteiger partial charge in [-0.25, -0.2) is 9.78 Å². The molecule has 2 heterocycles. The van der Waals surface area contributed by atoms with Crippen LogP contribution < -0.4 is 15.8 Å². The maximum Gasteiger partial charge on any atom is 0.340 e. The minimum atomic E-state index is -0.746. The second kappa shape index (κ2) is 9.15. The molecule has 2 aromatic carbocycles. The molecular weight excluding hydrogens is 484 g/mol. The topological polar surface area (TPSA) is 114 Å². The lowest BCUT2D eigenvalue weighted by molar-refractivity contribution is -0.139. The maximum atomic E-state index is 13.5. The van der Waals surface area contributed by atoms with Crippen LogP contribution in [0.3, 0.4) is 0 Å². The summed E-state index contributed by atoms with van der Waals surface area (Å²) in [4.78, 5) is 44.7. The number of nitrogens with one attached hydrogen (secondary N) is 1. The third-order valence-corrected chi connectivity index (χ3v) is 7.48. The van der Waals surface area contributed by atoms with E-state index in [9.17, 15) is 19.5 Å². The molecule has 0 amide bonds. The first-order valence-electron chi connectivity index (χ1n) is 12.9. The Hall–Kier alpha value is -3.88. The number of piperidine rings is 1. The van der Waals surface area contributed by atoms with Gasteiger partial charge >= 0.3 is 11.9 Å². The summed E-state index contributed by atoms with van der Waals surface area (Å²) in [6, 6.07) is 10.8. The van der Waals surface area contributed by atoms with Gasteiger partial charge in [-0.2, -0.15) is 0 Å². The molecular formula is C29H34N4O5. The quantitative estimate of drug-likeness (QED) is 0.468. The van der Waals surface area contributed by atoms with Crippen molar-refractivity contribution in [1.29, 1.82) is 0 Å². The molecule has 1 saturated carbocycles. The summed E-state index contributed by atoms with van der Waals surface area (Å²) in [6.07, 6.45) is 0. The highest BCUT2D eigenvalue weighted by atomic mass is 16.6. The average molecular weight is 519 g/mol. The highest BCUT2D eigenvalue weighted by Crippen LogP contribution is 2.52. The molecule has 0 bridgehead atoms. The fraction of sp³-hybridized carbons (Fsp3) is 0.448. The molecule has 1 saturated heterocycles. The molecule has 0 radical (unpaired) electrons. The van der Waals surface area contributed by atoms with Gasteiger partial charge in [0, 0.05) is 31.4 Å². The highest BCUT2D eigenvalue weighted by Gasteiger charge is 2.60. The van der Waals surface area contributed by atoms with Crippen LogP contribution in [-0.2, 0) is 16.6 Å². The van der Waals surface area contributed by atoms with Gasteiger partial charge in [0.1, 0.15) is 5.60 Å². The van der Waals surface area contributed by atoms with Crippen LogP contribution in [0.15, 0.2) is 41.2 Å². The van der Waals surface area contributed by atoms with Gasteiger partial charge in [0.05, 0.1) is 28.4 Å². The summed E-state index contributed by atoms with van der Waals surface area (Å²) in [7, 11) is 1.71. The first kappa shape index (κ1) is 25.8. The van der Waals surface area contributed by atoms with Crippen LogP contribution in [0.4, 0.5) is 11.6 Å². The third kappa shape index (κ3) is 4.61. The normalized spacial score (nSPS) is 21.2. The molecule has 3 aromatic rings.